The Morgan fingerprint density at radius 3 is 2.29 bits per heavy atom. The van der Waals surface area contributed by atoms with E-state index in [1.807, 2.05) is 4.90 Å². The maximum absolute atomic E-state index is 14.2. The second-order valence-electron chi connectivity index (χ2n) is 10.1. The van der Waals surface area contributed by atoms with Gasteiger partial charge in [0, 0.05) is 38.1 Å². The van der Waals surface area contributed by atoms with Gasteiger partial charge in [-0.2, -0.15) is 26.3 Å². The van der Waals surface area contributed by atoms with Gasteiger partial charge in [-0.15, -0.1) is 0 Å². The third-order valence-electron chi connectivity index (χ3n) is 7.21. The summed E-state index contributed by atoms with van der Waals surface area (Å²) in [6, 6.07) is 3.82. The minimum Gasteiger partial charge on any atom is -0.351 e. The Labute approximate surface area is 232 Å². The van der Waals surface area contributed by atoms with Crippen LogP contribution in [0.2, 0.25) is 0 Å². The van der Waals surface area contributed by atoms with E-state index in [4.69, 9.17) is 0 Å². The van der Waals surface area contributed by atoms with E-state index in [0.717, 1.165) is 29.8 Å². The molecule has 16 heteroatoms. The molecule has 0 unspecified atom stereocenters. The van der Waals surface area contributed by atoms with E-state index < -0.39 is 39.2 Å². The number of piperidine rings is 1. The third-order valence-corrected chi connectivity index (χ3v) is 8.51. The van der Waals surface area contributed by atoms with Gasteiger partial charge in [0.25, 0.3) is 0 Å². The summed E-state index contributed by atoms with van der Waals surface area (Å²) in [4.78, 5) is 13.7. The monoisotopic (exact) mass is 603 g/mol. The number of likely N-dealkylation sites (tertiary alicyclic amines) is 1. The molecule has 0 aliphatic carbocycles. The van der Waals surface area contributed by atoms with Crippen molar-refractivity contribution in [2.24, 2.45) is 0 Å². The number of hydrogen-bond acceptors (Lipinski definition) is 7. The maximum Gasteiger partial charge on any atom is 0.420 e. The first-order valence-electron chi connectivity index (χ1n) is 12.8. The summed E-state index contributed by atoms with van der Waals surface area (Å²) >= 11 is 0. The molecule has 1 N–H and O–H groups in total. The highest BCUT2D eigenvalue weighted by molar-refractivity contribution is 7.88. The van der Waals surface area contributed by atoms with Crippen LogP contribution in [0.3, 0.4) is 0 Å². The smallest absolute Gasteiger partial charge is 0.351 e. The molecule has 2 aliphatic rings. The van der Waals surface area contributed by atoms with Crippen molar-refractivity contribution >= 4 is 16.0 Å². The number of nitrogens with one attached hydrogen (secondary N) is 1. The zero-order chi connectivity index (χ0) is 29.6. The number of hydrogen-bond donors (Lipinski definition) is 1. The Bertz CT molecular complexity index is 1510. The fraction of sp³-hybridized carbons (Fsp3) is 0.480. The van der Waals surface area contributed by atoms with Crippen molar-refractivity contribution in [3.63, 3.8) is 0 Å². The zero-order valence-electron chi connectivity index (χ0n) is 21.9. The van der Waals surface area contributed by atoms with Crippen LogP contribution in [0.25, 0.3) is 17.1 Å². The number of rotatable bonds is 7. The van der Waals surface area contributed by atoms with E-state index in [0.29, 0.717) is 32.1 Å². The van der Waals surface area contributed by atoms with Gasteiger partial charge in [0.1, 0.15) is 17.0 Å². The van der Waals surface area contributed by atoms with E-state index in [-0.39, 0.29) is 48.6 Å². The average Bonchev–Trinajstić information content (AvgIpc) is 3.35. The number of halogens is 6. The second-order valence-corrected chi connectivity index (χ2v) is 12.1. The fourth-order valence-corrected chi connectivity index (χ4v) is 5.86. The molecular formula is C25H27F6N7O2S. The molecule has 222 valence electrons. The van der Waals surface area contributed by atoms with Crippen LogP contribution in [0, 0.1) is 0 Å². The molecule has 0 amide bonds. The van der Waals surface area contributed by atoms with Gasteiger partial charge < -0.3 is 9.88 Å². The quantitative estimate of drug-likeness (QED) is 0.400. The lowest BCUT2D eigenvalue weighted by atomic mass is 10.0. The lowest BCUT2D eigenvalue weighted by molar-refractivity contribution is -0.138. The first-order chi connectivity index (χ1) is 19.2. The summed E-state index contributed by atoms with van der Waals surface area (Å²) in [5.74, 6) is -0.132. The van der Waals surface area contributed by atoms with Crippen LogP contribution >= 0.6 is 0 Å². The number of anilines is 1. The van der Waals surface area contributed by atoms with Crippen molar-refractivity contribution in [2.45, 2.75) is 44.2 Å². The number of benzene rings is 1. The fourth-order valence-electron chi connectivity index (χ4n) is 4.99. The molecule has 2 aliphatic heterocycles. The highest BCUT2D eigenvalue weighted by atomic mass is 32.2. The first kappa shape index (κ1) is 29.3. The maximum atomic E-state index is 14.2. The summed E-state index contributed by atoms with van der Waals surface area (Å²) in [5, 5.41) is 2.95. The number of alkyl halides is 6. The summed E-state index contributed by atoms with van der Waals surface area (Å²) < 4.78 is 110. The van der Waals surface area contributed by atoms with Crippen LogP contribution in [-0.4, -0.2) is 75.6 Å². The van der Waals surface area contributed by atoms with Crippen molar-refractivity contribution in [2.75, 3.05) is 37.8 Å². The Kier molecular flexibility index (Phi) is 7.76. The standard InChI is InChI=1S/C25H27F6N7O2S/c1-41(39,40)38-10-6-17(7-11-38)34-23-32-12-18(24(26,27)28)22(35-23)19-14-37(15-33-19)20-5-2-4-16(13-36-8-3-9-36)21(20)25(29,30)31/h2,4-5,12,14-15,17H,3,6-11,13H2,1H3,(H,32,34,35). The van der Waals surface area contributed by atoms with Gasteiger partial charge in [-0.05, 0) is 44.0 Å². The van der Waals surface area contributed by atoms with Gasteiger partial charge >= 0.3 is 12.4 Å². The normalized spacial score (nSPS) is 17.9. The molecule has 0 saturated carbocycles. The molecule has 2 saturated heterocycles. The van der Waals surface area contributed by atoms with Crippen LogP contribution in [0.4, 0.5) is 32.3 Å². The predicted molar refractivity (Wildman–Crippen MR) is 138 cm³/mol. The molecule has 0 spiro atoms. The second kappa shape index (κ2) is 10.9. The molecular weight excluding hydrogens is 576 g/mol. The van der Waals surface area contributed by atoms with Gasteiger partial charge in [-0.1, -0.05) is 12.1 Å². The Hall–Kier alpha value is -3.24. The molecule has 0 radical (unpaired) electrons. The van der Waals surface area contributed by atoms with Crippen molar-refractivity contribution in [3.8, 4) is 17.1 Å². The van der Waals surface area contributed by atoms with Crippen molar-refractivity contribution in [3.05, 3.63) is 53.6 Å². The Morgan fingerprint density at radius 1 is 1.00 bits per heavy atom. The molecule has 0 atom stereocenters. The third kappa shape index (κ3) is 6.48. The minimum absolute atomic E-state index is 0.0661. The molecule has 0 bridgehead atoms. The van der Waals surface area contributed by atoms with Crippen molar-refractivity contribution in [1.82, 2.24) is 28.7 Å². The van der Waals surface area contributed by atoms with Gasteiger partial charge in [0.05, 0.1) is 23.8 Å². The van der Waals surface area contributed by atoms with E-state index in [2.05, 4.69) is 20.3 Å². The zero-order valence-corrected chi connectivity index (χ0v) is 22.7. The van der Waals surface area contributed by atoms with Gasteiger partial charge in [0.2, 0.25) is 16.0 Å². The number of nitrogens with zero attached hydrogens (tertiary/aromatic N) is 6. The first-order valence-corrected chi connectivity index (χ1v) is 14.7. The van der Waals surface area contributed by atoms with Crippen LogP contribution in [-0.2, 0) is 28.9 Å². The minimum atomic E-state index is -4.85. The van der Waals surface area contributed by atoms with E-state index in [1.165, 1.54) is 22.5 Å². The number of sulfonamides is 1. The molecule has 4 heterocycles. The van der Waals surface area contributed by atoms with Crippen LogP contribution < -0.4 is 5.32 Å². The summed E-state index contributed by atoms with van der Waals surface area (Å²) in [7, 11) is -3.36. The predicted octanol–water partition coefficient (Wildman–Crippen LogP) is 4.41. The van der Waals surface area contributed by atoms with E-state index >= 15 is 0 Å². The van der Waals surface area contributed by atoms with Crippen molar-refractivity contribution in [1.29, 1.82) is 0 Å². The highest BCUT2D eigenvalue weighted by Gasteiger charge is 2.39. The topological polar surface area (TPSA) is 96.2 Å². The molecule has 5 rings (SSSR count). The number of imidazole rings is 1. The largest absolute Gasteiger partial charge is 0.420 e. The Morgan fingerprint density at radius 2 is 1.71 bits per heavy atom. The van der Waals surface area contributed by atoms with E-state index in [1.54, 1.807) is 0 Å². The molecule has 2 fully saturated rings. The van der Waals surface area contributed by atoms with Crippen molar-refractivity contribution < 1.29 is 34.8 Å². The van der Waals surface area contributed by atoms with Crippen LogP contribution in [0.15, 0.2) is 36.9 Å². The van der Waals surface area contributed by atoms with E-state index in [9.17, 15) is 34.8 Å². The number of aromatic nitrogens is 4. The highest BCUT2D eigenvalue weighted by Crippen LogP contribution is 2.39. The Balaban J connectivity index is 1.46. The lowest BCUT2D eigenvalue weighted by Gasteiger charge is -2.32. The molecule has 2 aromatic heterocycles. The SMILES string of the molecule is CS(=O)(=O)N1CCC(Nc2ncc(C(F)(F)F)c(-c3cn(-c4cccc(CN5CCC5)c4C(F)(F)F)cn3)n2)CC1. The molecule has 3 aromatic rings. The summed E-state index contributed by atoms with van der Waals surface area (Å²) in [6.45, 7) is 1.95. The van der Waals surface area contributed by atoms with Gasteiger partial charge in [-0.25, -0.2) is 27.7 Å². The molecule has 41 heavy (non-hydrogen) atoms. The molecule has 1 aromatic carbocycles. The van der Waals surface area contributed by atoms with Crippen LogP contribution in [0.5, 0.6) is 0 Å². The summed E-state index contributed by atoms with van der Waals surface area (Å²) in [5.41, 5.74) is -3.13. The van der Waals surface area contributed by atoms with Gasteiger partial charge in [0.15, 0.2) is 0 Å². The average molecular weight is 604 g/mol. The molecule has 9 nitrogen and oxygen atoms in total. The van der Waals surface area contributed by atoms with Crippen LogP contribution in [0.1, 0.15) is 36.0 Å². The van der Waals surface area contributed by atoms with Gasteiger partial charge in [-0.3, -0.25) is 4.90 Å². The lowest BCUT2D eigenvalue weighted by Crippen LogP contribution is -2.42. The summed E-state index contributed by atoms with van der Waals surface area (Å²) in [6.07, 6.45) is -4.07.